The van der Waals surface area contributed by atoms with Crippen molar-refractivity contribution in [1.82, 2.24) is 15.3 Å². The van der Waals surface area contributed by atoms with Gasteiger partial charge in [0.2, 0.25) is 0 Å². The Balaban J connectivity index is 2.03. The summed E-state index contributed by atoms with van der Waals surface area (Å²) in [6.45, 7) is 5.07. The molecular formula is C13H16N4OS. The highest BCUT2D eigenvalue weighted by Gasteiger charge is 2.11. The second kappa shape index (κ2) is 6.29. The Morgan fingerprint density at radius 1 is 1.47 bits per heavy atom. The number of pyridine rings is 1. The molecule has 1 amide bonds. The summed E-state index contributed by atoms with van der Waals surface area (Å²) in [6, 6.07) is 3.51. The number of hydrogen-bond acceptors (Lipinski definition) is 5. The number of amides is 1. The molecule has 0 bridgehead atoms. The molecule has 0 aliphatic rings. The van der Waals surface area contributed by atoms with E-state index in [1.165, 1.54) is 0 Å². The first kappa shape index (κ1) is 13.5. The Hall–Kier alpha value is -1.95. The Labute approximate surface area is 116 Å². The SMILES string of the molecule is CCNc1ncccc1C(=O)NCc1nc(C)cs1. The van der Waals surface area contributed by atoms with Gasteiger partial charge >= 0.3 is 0 Å². The smallest absolute Gasteiger partial charge is 0.255 e. The number of hydrogen-bond donors (Lipinski definition) is 2. The van der Waals surface area contributed by atoms with Crippen LogP contribution in [-0.2, 0) is 6.54 Å². The highest BCUT2D eigenvalue weighted by molar-refractivity contribution is 7.09. The van der Waals surface area contributed by atoms with Gasteiger partial charge in [-0.1, -0.05) is 0 Å². The van der Waals surface area contributed by atoms with E-state index in [4.69, 9.17) is 0 Å². The zero-order chi connectivity index (χ0) is 13.7. The molecule has 2 aromatic heterocycles. The third kappa shape index (κ3) is 3.51. The summed E-state index contributed by atoms with van der Waals surface area (Å²) in [6.07, 6.45) is 1.67. The third-order valence-electron chi connectivity index (χ3n) is 2.46. The van der Waals surface area contributed by atoms with Crippen molar-refractivity contribution in [3.63, 3.8) is 0 Å². The van der Waals surface area contributed by atoms with E-state index in [-0.39, 0.29) is 5.91 Å². The van der Waals surface area contributed by atoms with Crippen molar-refractivity contribution in [3.8, 4) is 0 Å². The molecule has 2 N–H and O–H groups in total. The molecule has 5 nitrogen and oxygen atoms in total. The van der Waals surface area contributed by atoms with E-state index >= 15 is 0 Å². The van der Waals surface area contributed by atoms with Crippen LogP contribution in [0.15, 0.2) is 23.7 Å². The summed E-state index contributed by atoms with van der Waals surface area (Å²) < 4.78 is 0. The fourth-order valence-corrected chi connectivity index (χ4v) is 2.34. The molecule has 0 radical (unpaired) electrons. The Morgan fingerprint density at radius 3 is 3.00 bits per heavy atom. The number of nitrogens with zero attached hydrogens (tertiary/aromatic N) is 2. The molecule has 100 valence electrons. The molecule has 0 saturated heterocycles. The predicted molar refractivity (Wildman–Crippen MR) is 76.4 cm³/mol. The lowest BCUT2D eigenvalue weighted by Gasteiger charge is -2.09. The number of aryl methyl sites for hydroxylation is 1. The van der Waals surface area contributed by atoms with E-state index in [9.17, 15) is 4.79 Å². The zero-order valence-electron chi connectivity index (χ0n) is 10.9. The Bertz CT molecular complexity index is 567. The lowest BCUT2D eigenvalue weighted by Crippen LogP contribution is -2.24. The maximum Gasteiger partial charge on any atom is 0.255 e. The quantitative estimate of drug-likeness (QED) is 0.878. The van der Waals surface area contributed by atoms with Crippen LogP contribution in [0.3, 0.4) is 0 Å². The minimum absolute atomic E-state index is 0.142. The first-order chi connectivity index (χ1) is 9.20. The van der Waals surface area contributed by atoms with Crippen LogP contribution in [0.25, 0.3) is 0 Å². The normalized spacial score (nSPS) is 10.2. The molecule has 0 spiro atoms. The van der Waals surface area contributed by atoms with Gasteiger partial charge in [0, 0.05) is 23.8 Å². The van der Waals surface area contributed by atoms with E-state index in [1.807, 2.05) is 19.2 Å². The molecule has 2 rings (SSSR count). The first-order valence-corrected chi connectivity index (χ1v) is 6.96. The fourth-order valence-electron chi connectivity index (χ4n) is 1.63. The number of thiazole rings is 1. The third-order valence-corrected chi connectivity index (χ3v) is 3.43. The summed E-state index contributed by atoms with van der Waals surface area (Å²) in [5, 5.41) is 8.80. The summed E-state index contributed by atoms with van der Waals surface area (Å²) in [7, 11) is 0. The number of carbonyl (C=O) groups is 1. The van der Waals surface area contributed by atoms with Gasteiger partial charge in [-0.3, -0.25) is 4.79 Å². The molecule has 0 aliphatic heterocycles. The summed E-state index contributed by atoms with van der Waals surface area (Å²) in [4.78, 5) is 20.6. The van der Waals surface area contributed by atoms with E-state index < -0.39 is 0 Å². The van der Waals surface area contributed by atoms with Crippen molar-refractivity contribution in [3.05, 3.63) is 40.0 Å². The van der Waals surface area contributed by atoms with E-state index in [1.54, 1.807) is 29.7 Å². The van der Waals surface area contributed by atoms with Crippen molar-refractivity contribution in [2.24, 2.45) is 0 Å². The van der Waals surface area contributed by atoms with Crippen LogP contribution in [0.2, 0.25) is 0 Å². The van der Waals surface area contributed by atoms with Crippen LogP contribution in [-0.4, -0.2) is 22.4 Å². The predicted octanol–water partition coefficient (Wildman–Crippen LogP) is 2.21. The van der Waals surface area contributed by atoms with E-state index in [2.05, 4.69) is 20.6 Å². The van der Waals surface area contributed by atoms with Gasteiger partial charge < -0.3 is 10.6 Å². The van der Waals surface area contributed by atoms with Crippen LogP contribution in [0, 0.1) is 6.92 Å². The van der Waals surface area contributed by atoms with Gasteiger partial charge in [-0.25, -0.2) is 9.97 Å². The van der Waals surface area contributed by atoms with Crippen molar-refractivity contribution in [1.29, 1.82) is 0 Å². The summed E-state index contributed by atoms with van der Waals surface area (Å²) in [5.74, 6) is 0.467. The van der Waals surface area contributed by atoms with Crippen LogP contribution in [0.1, 0.15) is 28.0 Å². The molecular weight excluding hydrogens is 260 g/mol. The van der Waals surface area contributed by atoms with E-state index in [0.29, 0.717) is 17.9 Å². The molecule has 2 aromatic rings. The van der Waals surface area contributed by atoms with Gasteiger partial charge in [0.1, 0.15) is 10.8 Å². The number of rotatable bonds is 5. The van der Waals surface area contributed by atoms with Crippen LogP contribution >= 0.6 is 11.3 Å². The maximum atomic E-state index is 12.1. The van der Waals surface area contributed by atoms with Gasteiger partial charge in [0.05, 0.1) is 12.1 Å². The van der Waals surface area contributed by atoms with Crippen molar-refractivity contribution < 1.29 is 4.79 Å². The van der Waals surface area contributed by atoms with Gasteiger partial charge in [0.15, 0.2) is 0 Å². The average Bonchev–Trinajstić information content (AvgIpc) is 2.83. The van der Waals surface area contributed by atoms with Gasteiger partial charge in [-0.05, 0) is 26.0 Å². The van der Waals surface area contributed by atoms with Crippen molar-refractivity contribution >= 4 is 23.1 Å². The number of nitrogens with one attached hydrogen (secondary N) is 2. The highest BCUT2D eigenvalue weighted by Crippen LogP contribution is 2.12. The Morgan fingerprint density at radius 2 is 2.32 bits per heavy atom. The molecule has 0 aromatic carbocycles. The lowest BCUT2D eigenvalue weighted by atomic mass is 10.2. The summed E-state index contributed by atoms with van der Waals surface area (Å²) in [5.41, 5.74) is 1.53. The van der Waals surface area contributed by atoms with Crippen molar-refractivity contribution in [2.75, 3.05) is 11.9 Å². The Kier molecular flexibility index (Phi) is 4.46. The van der Waals surface area contributed by atoms with Gasteiger partial charge in [-0.2, -0.15) is 0 Å². The van der Waals surface area contributed by atoms with Crippen molar-refractivity contribution in [2.45, 2.75) is 20.4 Å². The second-order valence-electron chi connectivity index (χ2n) is 4.00. The molecule has 0 atom stereocenters. The van der Waals surface area contributed by atoms with Gasteiger partial charge in [-0.15, -0.1) is 11.3 Å². The summed E-state index contributed by atoms with van der Waals surface area (Å²) >= 11 is 1.54. The van der Waals surface area contributed by atoms with Crippen LogP contribution in [0.5, 0.6) is 0 Å². The van der Waals surface area contributed by atoms with Gasteiger partial charge in [0.25, 0.3) is 5.91 Å². The highest BCUT2D eigenvalue weighted by atomic mass is 32.1. The average molecular weight is 276 g/mol. The largest absolute Gasteiger partial charge is 0.370 e. The zero-order valence-corrected chi connectivity index (χ0v) is 11.8. The molecule has 0 saturated carbocycles. The van der Waals surface area contributed by atoms with Crippen LogP contribution in [0.4, 0.5) is 5.82 Å². The minimum Gasteiger partial charge on any atom is -0.370 e. The monoisotopic (exact) mass is 276 g/mol. The van der Waals surface area contributed by atoms with Crippen LogP contribution < -0.4 is 10.6 Å². The number of aromatic nitrogens is 2. The second-order valence-corrected chi connectivity index (χ2v) is 4.94. The molecule has 6 heteroatoms. The molecule has 0 aliphatic carbocycles. The maximum absolute atomic E-state index is 12.1. The number of carbonyl (C=O) groups excluding carboxylic acids is 1. The molecule has 19 heavy (non-hydrogen) atoms. The fraction of sp³-hybridized carbons (Fsp3) is 0.308. The van der Waals surface area contributed by atoms with E-state index in [0.717, 1.165) is 17.2 Å². The molecule has 0 unspecified atom stereocenters. The first-order valence-electron chi connectivity index (χ1n) is 6.08. The lowest BCUT2D eigenvalue weighted by molar-refractivity contribution is 0.0951. The topological polar surface area (TPSA) is 66.9 Å². The number of anilines is 1. The molecule has 2 heterocycles. The standard InChI is InChI=1S/C13H16N4OS/c1-3-14-12-10(5-4-6-15-12)13(18)16-7-11-17-9(2)8-19-11/h4-6,8H,3,7H2,1-2H3,(H,14,15)(H,16,18). The minimum atomic E-state index is -0.142. The molecule has 0 fully saturated rings.